The van der Waals surface area contributed by atoms with E-state index in [1.165, 1.54) is 18.9 Å². The average molecular weight is 458 g/mol. The monoisotopic (exact) mass is 457 g/mol. The highest BCUT2D eigenvalue weighted by molar-refractivity contribution is 6.73. The molecule has 2 rings (SSSR count). The molecule has 2 heterocycles. The van der Waals surface area contributed by atoms with E-state index < -0.39 is 51.0 Å². The van der Waals surface area contributed by atoms with Crippen molar-refractivity contribution in [3.8, 4) is 0 Å². The summed E-state index contributed by atoms with van der Waals surface area (Å²) in [6.45, 7) is 13.4. The molecule has 0 unspecified atom stereocenters. The molecule has 2 aliphatic rings. The van der Waals surface area contributed by atoms with Gasteiger partial charge in [-0.05, 0) is 31.0 Å². The van der Waals surface area contributed by atoms with Gasteiger partial charge in [0, 0.05) is 14.0 Å². The Morgan fingerprint density at radius 2 is 1.71 bits per heavy atom. The smallest absolute Gasteiger partial charge is 0.303 e. The molecule has 0 aromatic rings. The minimum atomic E-state index is -2.05. The number of carbonyl (C=O) groups excluding carboxylic acids is 3. The first-order valence-corrected chi connectivity index (χ1v) is 14.0. The molecule has 0 aliphatic carbocycles. The lowest BCUT2D eigenvalue weighted by Gasteiger charge is -2.50. The van der Waals surface area contributed by atoms with E-state index in [-0.39, 0.29) is 24.0 Å². The number of methoxy groups -OCH3 is 1. The molecule has 2 saturated heterocycles. The number of nitrogens with zero attached hydrogens (tertiary/aromatic N) is 1. The lowest BCUT2D eigenvalue weighted by Crippen LogP contribution is -2.67. The lowest BCUT2D eigenvalue weighted by atomic mass is 9.95. The van der Waals surface area contributed by atoms with E-state index in [0.29, 0.717) is 0 Å². The molecular weight excluding hydrogens is 418 g/mol. The van der Waals surface area contributed by atoms with Gasteiger partial charge >= 0.3 is 5.97 Å². The first-order chi connectivity index (χ1) is 14.6. The number of hydrogen-bond donors (Lipinski definition) is 0. The summed E-state index contributed by atoms with van der Waals surface area (Å²) >= 11 is 0. The molecule has 0 N–H and O–H groups in total. The Balaban J connectivity index is 2.45. The number of rotatable bonds is 9. The Kier molecular flexibility index (Phi) is 8.83. The zero-order chi connectivity index (χ0) is 23.5. The number of esters is 1. The minimum absolute atomic E-state index is 0.0724. The quantitative estimate of drug-likeness (QED) is 0.299. The third-order valence-corrected chi connectivity index (χ3v) is 11.4. The zero-order valence-electron chi connectivity index (χ0n) is 20.2. The van der Waals surface area contributed by atoms with Crippen molar-refractivity contribution in [2.45, 2.75) is 110 Å². The van der Waals surface area contributed by atoms with Crippen LogP contribution in [0.3, 0.4) is 0 Å². The molecule has 0 aromatic heterocycles. The third-order valence-electron chi connectivity index (χ3n) is 6.79. The van der Waals surface area contributed by atoms with Gasteiger partial charge in [0.25, 0.3) is 0 Å². The van der Waals surface area contributed by atoms with Gasteiger partial charge in [0.1, 0.15) is 12.2 Å². The molecular formula is C22H39NO7Si. The molecule has 0 saturated carbocycles. The summed E-state index contributed by atoms with van der Waals surface area (Å²) in [5.74, 6) is -0.933. The molecule has 2 aliphatic heterocycles. The van der Waals surface area contributed by atoms with Gasteiger partial charge in [-0.3, -0.25) is 14.4 Å². The highest BCUT2D eigenvalue weighted by Gasteiger charge is 2.55. The van der Waals surface area contributed by atoms with E-state index in [9.17, 15) is 14.4 Å². The van der Waals surface area contributed by atoms with Crippen molar-refractivity contribution >= 4 is 26.0 Å². The molecule has 0 radical (unpaired) electrons. The third kappa shape index (κ3) is 5.21. The number of ether oxygens (including phenoxy) is 3. The van der Waals surface area contributed by atoms with Crippen LogP contribution >= 0.6 is 0 Å². The summed E-state index contributed by atoms with van der Waals surface area (Å²) in [7, 11) is -0.551. The second-order valence-electron chi connectivity index (χ2n) is 8.97. The lowest BCUT2D eigenvalue weighted by molar-refractivity contribution is -0.263. The van der Waals surface area contributed by atoms with Crippen molar-refractivity contribution in [3.63, 3.8) is 0 Å². The van der Waals surface area contributed by atoms with Crippen LogP contribution in [-0.2, 0) is 33.0 Å². The van der Waals surface area contributed by atoms with Crippen LogP contribution < -0.4 is 0 Å². The van der Waals surface area contributed by atoms with Gasteiger partial charge in [-0.1, -0.05) is 34.6 Å². The van der Waals surface area contributed by atoms with Crippen molar-refractivity contribution in [3.05, 3.63) is 0 Å². The van der Waals surface area contributed by atoms with Gasteiger partial charge in [-0.2, -0.15) is 0 Å². The summed E-state index contributed by atoms with van der Waals surface area (Å²) in [4.78, 5) is 38.8. The van der Waals surface area contributed by atoms with E-state index in [0.717, 1.165) is 18.1 Å². The molecule has 0 bridgehead atoms. The number of carbonyl (C=O) groups is 3. The van der Waals surface area contributed by atoms with Crippen LogP contribution in [0.15, 0.2) is 0 Å². The Bertz CT molecular complexity index is 658. The molecule has 0 spiro atoms. The topological polar surface area (TPSA) is 91.4 Å². The Morgan fingerprint density at radius 1 is 1.13 bits per heavy atom. The Hall–Kier alpha value is -1.29. The van der Waals surface area contributed by atoms with Gasteiger partial charge in [0.15, 0.2) is 26.4 Å². The average Bonchev–Trinajstić information content (AvgIpc) is 3.01. The molecule has 8 nitrogen and oxygen atoms in total. The Morgan fingerprint density at radius 3 is 2.16 bits per heavy atom. The molecule has 6 atom stereocenters. The summed E-state index contributed by atoms with van der Waals surface area (Å²) in [5.41, 5.74) is 0. The predicted molar refractivity (Wildman–Crippen MR) is 118 cm³/mol. The maximum absolute atomic E-state index is 12.8. The highest BCUT2D eigenvalue weighted by atomic mass is 28.4. The van der Waals surface area contributed by atoms with Gasteiger partial charge in [0.2, 0.25) is 5.91 Å². The normalized spacial score (nSPS) is 32.1. The van der Waals surface area contributed by atoms with Crippen LogP contribution in [0.5, 0.6) is 0 Å². The zero-order valence-corrected chi connectivity index (χ0v) is 21.2. The summed E-state index contributed by atoms with van der Waals surface area (Å²) in [6.07, 6.45) is -3.46. The van der Waals surface area contributed by atoms with Crippen LogP contribution in [-0.4, -0.2) is 74.7 Å². The maximum Gasteiger partial charge on any atom is 0.303 e. The van der Waals surface area contributed by atoms with E-state index in [1.54, 1.807) is 0 Å². The summed E-state index contributed by atoms with van der Waals surface area (Å²) < 4.78 is 24.5. The van der Waals surface area contributed by atoms with Crippen LogP contribution in [0, 0.1) is 5.92 Å². The fraction of sp³-hybridized carbons (Fsp3) is 0.864. The minimum Gasteiger partial charge on any atom is -0.457 e. The number of likely N-dealkylation sites (tertiary alicyclic amines) is 1. The second kappa shape index (κ2) is 10.5. The van der Waals surface area contributed by atoms with E-state index in [1.807, 2.05) is 20.8 Å². The maximum atomic E-state index is 12.8. The fourth-order valence-corrected chi connectivity index (χ4v) is 7.79. The van der Waals surface area contributed by atoms with Crippen LogP contribution in [0.4, 0.5) is 0 Å². The molecule has 0 aromatic carbocycles. The molecule has 9 heteroatoms. The van der Waals surface area contributed by atoms with E-state index in [2.05, 4.69) is 20.8 Å². The van der Waals surface area contributed by atoms with Gasteiger partial charge in [-0.25, -0.2) is 0 Å². The van der Waals surface area contributed by atoms with Crippen LogP contribution in [0.1, 0.15) is 54.9 Å². The van der Waals surface area contributed by atoms with Crippen molar-refractivity contribution < 1.29 is 33.0 Å². The molecule has 1 amide bonds. The SMILES string of the molecule is CC[Si](CC)(CC)O[C@H]1[C@@H](OC(C)=O)[C@@H](OC)[C@H](N2C(=O)CC(=O)[C@@H]2C(C)C)O[C@H]1C. The van der Waals surface area contributed by atoms with Crippen LogP contribution in [0.25, 0.3) is 0 Å². The number of hydrogen-bond acceptors (Lipinski definition) is 7. The molecule has 2 fully saturated rings. The Labute approximate surface area is 187 Å². The van der Waals surface area contributed by atoms with Crippen molar-refractivity contribution in [2.75, 3.05) is 7.11 Å². The van der Waals surface area contributed by atoms with Crippen molar-refractivity contribution in [1.82, 2.24) is 4.90 Å². The van der Waals surface area contributed by atoms with Gasteiger partial charge < -0.3 is 23.5 Å². The fourth-order valence-electron chi connectivity index (χ4n) is 4.89. The summed E-state index contributed by atoms with van der Waals surface area (Å²) in [6, 6.07) is 2.22. The van der Waals surface area contributed by atoms with Crippen LogP contribution in [0.2, 0.25) is 18.1 Å². The predicted octanol–water partition coefficient (Wildman–Crippen LogP) is 2.89. The second-order valence-corrected chi connectivity index (χ2v) is 13.7. The molecule has 31 heavy (non-hydrogen) atoms. The van der Waals surface area contributed by atoms with E-state index in [4.69, 9.17) is 18.6 Å². The largest absolute Gasteiger partial charge is 0.457 e. The first-order valence-electron chi connectivity index (χ1n) is 11.4. The first kappa shape index (κ1) is 26.0. The van der Waals surface area contributed by atoms with E-state index >= 15 is 0 Å². The summed E-state index contributed by atoms with van der Waals surface area (Å²) in [5, 5.41) is 0. The van der Waals surface area contributed by atoms with Gasteiger partial charge in [-0.15, -0.1) is 0 Å². The number of Topliss-reactive ketones (excluding diaryl/α,β-unsaturated/α-hetero) is 1. The van der Waals surface area contributed by atoms with Crippen molar-refractivity contribution in [1.29, 1.82) is 0 Å². The van der Waals surface area contributed by atoms with Gasteiger partial charge in [0.05, 0.1) is 18.6 Å². The standard InChI is InChI=1S/C22H39NO7Si/c1-9-31(10-2,11-3)30-19-14(6)28-22(21(27-8)20(19)29-15(7)24)23-17(26)12-16(25)18(23)13(4)5/h13-14,18-22H,9-12H2,1-8H3/t14-,18-,19+,20+,21+,22+/m0/s1. The highest BCUT2D eigenvalue weighted by Crippen LogP contribution is 2.37. The number of ketones is 1. The number of amides is 1. The molecule has 178 valence electrons. The van der Waals surface area contributed by atoms with Crippen molar-refractivity contribution in [2.24, 2.45) is 5.92 Å².